The van der Waals surface area contributed by atoms with Crippen molar-refractivity contribution >= 4 is 6.41 Å². The van der Waals surface area contributed by atoms with Crippen molar-refractivity contribution in [2.45, 2.75) is 19.3 Å². The third-order valence-corrected chi connectivity index (χ3v) is 0.945. The Bertz CT molecular complexity index is 104. The molecule has 0 aromatic heterocycles. The van der Waals surface area contributed by atoms with Gasteiger partial charge in [-0.25, -0.2) is 0 Å². The molecule has 0 aliphatic carbocycles. The van der Waals surface area contributed by atoms with Crippen LogP contribution in [-0.2, 0) is 4.79 Å². The largest absolute Gasteiger partial charge is 0.348 e. The number of hydrogen-bond acceptors (Lipinski definition) is 1. The molecule has 2 nitrogen and oxygen atoms in total. The fourth-order valence-corrected chi connectivity index (χ4v) is 0.491. The van der Waals surface area contributed by atoms with Gasteiger partial charge in [0.15, 0.2) is 0 Å². The summed E-state index contributed by atoms with van der Waals surface area (Å²) < 4.78 is 0. The van der Waals surface area contributed by atoms with Gasteiger partial charge in [0.2, 0.25) is 0 Å². The molecule has 0 aliphatic heterocycles. The number of rotatable bonds is 5. The second-order valence-corrected chi connectivity index (χ2v) is 1.69. The molecule has 0 spiro atoms. The molecule has 0 aliphatic rings. The van der Waals surface area contributed by atoms with Crippen LogP contribution in [0.2, 0.25) is 0 Å². The Kier molecular flexibility index (Phi) is 6.27. The van der Waals surface area contributed by atoms with E-state index in [9.17, 15) is 4.79 Å². The van der Waals surface area contributed by atoms with Crippen molar-refractivity contribution < 1.29 is 4.79 Å². The maximum Gasteiger partial charge on any atom is 0.309 e. The monoisotopic (exact) mass is 124 g/mol. The summed E-state index contributed by atoms with van der Waals surface area (Å²) in [5.41, 5.74) is 0. The first-order chi connectivity index (χ1) is 4.41. The fourth-order valence-electron chi connectivity index (χ4n) is 0.491. The summed E-state index contributed by atoms with van der Waals surface area (Å²) in [6, 6.07) is 0. The van der Waals surface area contributed by atoms with E-state index in [1.165, 1.54) is 0 Å². The molecule has 0 rings (SSSR count). The average molecular weight is 124 g/mol. The molecule has 0 saturated carbocycles. The van der Waals surface area contributed by atoms with Gasteiger partial charge < -0.3 is 5.32 Å². The lowest BCUT2D eigenvalue weighted by Gasteiger charge is -1.92. The van der Waals surface area contributed by atoms with Crippen LogP contribution in [0.25, 0.3) is 0 Å². The molecule has 0 aromatic carbocycles. The Balaban J connectivity index is 2.76. The van der Waals surface area contributed by atoms with Crippen LogP contribution in [-0.4, -0.2) is 13.0 Å². The lowest BCUT2D eigenvalue weighted by atomic mass is 10.2. The van der Waals surface area contributed by atoms with Crippen molar-refractivity contribution in [1.29, 1.82) is 0 Å². The van der Waals surface area contributed by atoms with E-state index in [-0.39, 0.29) is 0 Å². The quantitative estimate of drug-likeness (QED) is 0.322. The number of nitrogens with one attached hydrogen (secondary N) is 1. The van der Waals surface area contributed by atoms with Gasteiger partial charge in [-0.15, -0.1) is 12.3 Å². The third-order valence-electron chi connectivity index (χ3n) is 0.945. The molecule has 49 valence electrons. The van der Waals surface area contributed by atoms with Crippen molar-refractivity contribution in [1.82, 2.24) is 5.32 Å². The zero-order valence-corrected chi connectivity index (χ0v) is 5.31. The van der Waals surface area contributed by atoms with Crippen LogP contribution in [0.5, 0.6) is 0 Å². The van der Waals surface area contributed by atoms with Crippen molar-refractivity contribution in [3.8, 4) is 12.3 Å². The van der Waals surface area contributed by atoms with Crippen LogP contribution in [0.1, 0.15) is 19.3 Å². The zero-order chi connectivity index (χ0) is 6.95. The van der Waals surface area contributed by atoms with Crippen LogP contribution in [0.15, 0.2) is 0 Å². The van der Waals surface area contributed by atoms with Crippen LogP contribution in [0.3, 0.4) is 0 Å². The van der Waals surface area contributed by atoms with Gasteiger partial charge in [-0.3, -0.25) is 4.79 Å². The molecule has 2 heteroatoms. The van der Waals surface area contributed by atoms with Crippen molar-refractivity contribution in [2.75, 3.05) is 6.54 Å². The summed E-state index contributed by atoms with van der Waals surface area (Å²) in [6.07, 6.45) is 9.30. The molecular weight excluding hydrogens is 114 g/mol. The summed E-state index contributed by atoms with van der Waals surface area (Å²) in [6.45, 7) is 0.686. The van der Waals surface area contributed by atoms with Crippen LogP contribution >= 0.6 is 0 Å². The molecule has 0 heterocycles. The van der Waals surface area contributed by atoms with Gasteiger partial charge in [-0.1, -0.05) is 0 Å². The third kappa shape index (κ3) is 7.03. The summed E-state index contributed by atoms with van der Waals surface area (Å²) in [5.74, 6) is 2.52. The molecule has 0 atom stereocenters. The maximum absolute atomic E-state index is 9.56. The van der Waals surface area contributed by atoms with E-state index in [0.29, 0.717) is 6.54 Å². The van der Waals surface area contributed by atoms with Crippen molar-refractivity contribution in [2.24, 2.45) is 0 Å². The zero-order valence-electron chi connectivity index (χ0n) is 5.31. The Morgan fingerprint density at radius 3 is 2.78 bits per heavy atom. The molecule has 9 heavy (non-hydrogen) atoms. The predicted octanol–water partition coefficient (Wildman–Crippen LogP) is 0.447. The van der Waals surface area contributed by atoms with Gasteiger partial charge >= 0.3 is 6.41 Å². The standard InChI is InChI=1S/C7H10NO/c1-2-3-4-5-6-8-7-9/h1H,3-6H2,(H,8,9). The smallest absolute Gasteiger partial charge is 0.309 e. The molecule has 0 bridgehead atoms. The van der Waals surface area contributed by atoms with E-state index in [4.69, 9.17) is 6.42 Å². The second-order valence-electron chi connectivity index (χ2n) is 1.69. The van der Waals surface area contributed by atoms with Crippen LogP contribution in [0, 0.1) is 12.3 Å². The minimum absolute atomic E-state index is 0.686. The SMILES string of the molecule is C#CCCCCN[C]=O. The van der Waals surface area contributed by atoms with E-state index >= 15 is 0 Å². The van der Waals surface area contributed by atoms with Crippen LogP contribution in [0.4, 0.5) is 0 Å². The highest BCUT2D eigenvalue weighted by molar-refractivity contribution is 5.46. The minimum atomic E-state index is 0.686. The average Bonchev–Trinajstić information content (AvgIpc) is 1.89. The van der Waals surface area contributed by atoms with Gasteiger partial charge in [-0.2, -0.15) is 0 Å². The molecule has 0 aromatic rings. The Hall–Kier alpha value is -0.970. The Labute approximate surface area is 55.6 Å². The number of unbranched alkanes of at least 4 members (excludes halogenated alkanes) is 2. The first-order valence-electron chi connectivity index (χ1n) is 2.95. The van der Waals surface area contributed by atoms with E-state index < -0.39 is 0 Å². The van der Waals surface area contributed by atoms with Gasteiger partial charge in [0.25, 0.3) is 0 Å². The fraction of sp³-hybridized carbons (Fsp3) is 0.571. The number of terminal acetylenes is 1. The molecule has 0 unspecified atom stereocenters. The highest BCUT2D eigenvalue weighted by Crippen LogP contribution is 1.89. The van der Waals surface area contributed by atoms with Crippen LogP contribution < -0.4 is 5.32 Å². The van der Waals surface area contributed by atoms with Gasteiger partial charge in [0, 0.05) is 13.0 Å². The van der Waals surface area contributed by atoms with E-state index in [1.807, 2.05) is 0 Å². The first kappa shape index (κ1) is 8.03. The molecule has 1 amide bonds. The summed E-state index contributed by atoms with van der Waals surface area (Å²) in [5, 5.41) is 2.43. The van der Waals surface area contributed by atoms with Gasteiger partial charge in [0.1, 0.15) is 0 Å². The predicted molar refractivity (Wildman–Crippen MR) is 36.4 cm³/mol. The summed E-state index contributed by atoms with van der Waals surface area (Å²) >= 11 is 0. The molecule has 1 N–H and O–H groups in total. The van der Waals surface area contributed by atoms with Gasteiger partial charge in [-0.05, 0) is 12.8 Å². The summed E-state index contributed by atoms with van der Waals surface area (Å²) in [7, 11) is 0. The van der Waals surface area contributed by atoms with E-state index in [0.717, 1.165) is 19.3 Å². The second kappa shape index (κ2) is 7.03. The molecule has 0 fully saturated rings. The molecule has 1 radical (unpaired) electrons. The Morgan fingerprint density at radius 1 is 1.44 bits per heavy atom. The molecular formula is C7H10NO. The van der Waals surface area contributed by atoms with E-state index in [2.05, 4.69) is 11.2 Å². The highest BCUT2D eigenvalue weighted by Gasteiger charge is 1.83. The lowest BCUT2D eigenvalue weighted by Crippen LogP contribution is -2.11. The normalized spacial score (nSPS) is 7.89. The number of amides is 1. The minimum Gasteiger partial charge on any atom is -0.348 e. The summed E-state index contributed by atoms with van der Waals surface area (Å²) in [4.78, 5) is 9.56. The first-order valence-corrected chi connectivity index (χ1v) is 2.95. The van der Waals surface area contributed by atoms with Crippen molar-refractivity contribution in [3.63, 3.8) is 0 Å². The van der Waals surface area contributed by atoms with E-state index in [1.54, 1.807) is 6.41 Å². The highest BCUT2D eigenvalue weighted by atomic mass is 16.1. The topological polar surface area (TPSA) is 29.1 Å². The maximum atomic E-state index is 9.56. The number of hydrogen-bond donors (Lipinski definition) is 1. The number of carbonyl (C=O) groups excluding carboxylic acids is 1. The molecule has 0 saturated heterocycles. The van der Waals surface area contributed by atoms with Gasteiger partial charge in [0.05, 0.1) is 0 Å². The Morgan fingerprint density at radius 2 is 2.22 bits per heavy atom. The van der Waals surface area contributed by atoms with Crippen molar-refractivity contribution in [3.05, 3.63) is 0 Å². The lowest BCUT2D eigenvalue weighted by molar-refractivity contribution is 0.539.